The lowest BCUT2D eigenvalue weighted by Gasteiger charge is -2.12. The van der Waals surface area contributed by atoms with Crippen molar-refractivity contribution in [1.29, 1.82) is 0 Å². The third kappa shape index (κ3) is 2.76. The maximum Gasteiger partial charge on any atom is 0.331 e. The second kappa shape index (κ2) is 5.15. The van der Waals surface area contributed by atoms with Crippen LogP contribution in [0.5, 0.6) is 0 Å². The van der Waals surface area contributed by atoms with Gasteiger partial charge in [0, 0.05) is 18.8 Å². The van der Waals surface area contributed by atoms with Crippen LogP contribution >= 0.6 is 11.6 Å². The summed E-state index contributed by atoms with van der Waals surface area (Å²) in [4.78, 5) is 23.1. The van der Waals surface area contributed by atoms with Gasteiger partial charge in [0.1, 0.15) is 0 Å². The number of carboxylic acid groups (broad SMARTS) is 1. The minimum Gasteiger partial charge on any atom is -0.479 e. The van der Waals surface area contributed by atoms with Gasteiger partial charge in [0.2, 0.25) is 5.22 Å². The molecule has 8 heteroatoms. The summed E-state index contributed by atoms with van der Waals surface area (Å²) in [6, 6.07) is 0.159. The van der Waals surface area contributed by atoms with E-state index in [-0.39, 0.29) is 10.8 Å². The molecule has 0 aromatic carbocycles. The lowest BCUT2D eigenvalue weighted by atomic mass is 10.1. The Morgan fingerprint density at radius 1 is 1.58 bits per heavy atom. The Bertz CT molecular complexity index is 619. The van der Waals surface area contributed by atoms with Gasteiger partial charge in [-0.15, -0.1) is 0 Å². The summed E-state index contributed by atoms with van der Waals surface area (Å²) in [5.41, 5.74) is 0.444. The Morgan fingerprint density at radius 2 is 2.32 bits per heavy atom. The van der Waals surface area contributed by atoms with Crippen LogP contribution in [0.3, 0.4) is 0 Å². The Hall–Kier alpha value is -2.28. The molecule has 2 rings (SSSR count). The molecule has 0 spiro atoms. The molecule has 0 saturated carbocycles. The van der Waals surface area contributed by atoms with E-state index in [0.717, 1.165) is 0 Å². The summed E-state index contributed by atoms with van der Waals surface area (Å²) < 4.78 is 6.22. The fourth-order valence-electron chi connectivity index (χ4n) is 1.54. The molecule has 1 unspecified atom stereocenters. The van der Waals surface area contributed by atoms with Crippen molar-refractivity contribution in [3.63, 3.8) is 0 Å². The average molecular weight is 284 g/mol. The molecule has 2 N–H and O–H groups in total. The van der Waals surface area contributed by atoms with Gasteiger partial charge in [0.05, 0.1) is 18.0 Å². The number of aromatic nitrogens is 2. The predicted octanol–water partition coefficient (Wildman–Crippen LogP) is 1.22. The second-order valence-electron chi connectivity index (χ2n) is 3.80. The van der Waals surface area contributed by atoms with E-state index in [9.17, 15) is 9.59 Å². The molecule has 100 valence electrons. The number of amides is 1. The number of carboxylic acids is 1. The maximum atomic E-state index is 11.9. The molecule has 0 fully saturated rings. The van der Waals surface area contributed by atoms with Gasteiger partial charge in [-0.1, -0.05) is 0 Å². The largest absolute Gasteiger partial charge is 0.479 e. The van der Waals surface area contributed by atoms with E-state index >= 15 is 0 Å². The van der Waals surface area contributed by atoms with Gasteiger partial charge in [-0.2, -0.15) is 5.10 Å². The van der Waals surface area contributed by atoms with Crippen LogP contribution in [0.4, 0.5) is 0 Å². The van der Waals surface area contributed by atoms with E-state index in [1.54, 1.807) is 7.05 Å². The molecule has 2 heterocycles. The molecule has 7 nitrogen and oxygen atoms in total. The molecule has 1 amide bonds. The van der Waals surface area contributed by atoms with Crippen LogP contribution in [0.1, 0.15) is 22.0 Å². The van der Waals surface area contributed by atoms with Crippen molar-refractivity contribution in [3.05, 3.63) is 41.1 Å². The van der Waals surface area contributed by atoms with Gasteiger partial charge >= 0.3 is 5.97 Å². The number of nitrogens with zero attached hydrogens (tertiary/aromatic N) is 2. The van der Waals surface area contributed by atoms with Crippen molar-refractivity contribution in [2.75, 3.05) is 0 Å². The highest BCUT2D eigenvalue weighted by Crippen LogP contribution is 2.19. The number of nitrogens with one attached hydrogen (secondary N) is 1. The van der Waals surface area contributed by atoms with Crippen molar-refractivity contribution >= 4 is 23.5 Å². The van der Waals surface area contributed by atoms with E-state index in [1.165, 1.54) is 29.4 Å². The van der Waals surface area contributed by atoms with Gasteiger partial charge in [-0.3, -0.25) is 9.48 Å². The molecule has 0 aliphatic carbocycles. The predicted molar refractivity (Wildman–Crippen MR) is 64.8 cm³/mol. The Balaban J connectivity index is 2.21. The number of carbonyl (C=O) groups excluding carboxylic acids is 1. The van der Waals surface area contributed by atoms with Crippen LogP contribution in [-0.4, -0.2) is 26.8 Å². The van der Waals surface area contributed by atoms with Crippen molar-refractivity contribution in [2.24, 2.45) is 7.05 Å². The Labute approximate surface area is 112 Å². The number of carbonyl (C=O) groups is 2. The summed E-state index contributed by atoms with van der Waals surface area (Å²) in [6.45, 7) is 0. The molecule has 0 aliphatic rings. The highest BCUT2D eigenvalue weighted by Gasteiger charge is 2.25. The topological polar surface area (TPSA) is 97.4 Å². The van der Waals surface area contributed by atoms with E-state index in [0.29, 0.717) is 5.56 Å². The zero-order valence-corrected chi connectivity index (χ0v) is 10.6. The normalized spacial score (nSPS) is 12.1. The van der Waals surface area contributed by atoms with Gasteiger partial charge < -0.3 is 14.8 Å². The smallest absolute Gasteiger partial charge is 0.331 e. The molecule has 2 aromatic rings. The van der Waals surface area contributed by atoms with E-state index in [2.05, 4.69) is 10.4 Å². The first-order valence-corrected chi connectivity index (χ1v) is 5.62. The van der Waals surface area contributed by atoms with Crippen LogP contribution in [0, 0.1) is 0 Å². The number of rotatable bonds is 4. The number of furan rings is 1. The number of hydrogen-bond acceptors (Lipinski definition) is 4. The van der Waals surface area contributed by atoms with Crippen molar-refractivity contribution in [2.45, 2.75) is 6.04 Å². The minimum atomic E-state index is -1.20. The highest BCUT2D eigenvalue weighted by molar-refractivity contribution is 6.32. The zero-order chi connectivity index (χ0) is 14.0. The van der Waals surface area contributed by atoms with Crippen LogP contribution in [-0.2, 0) is 11.8 Å². The van der Waals surface area contributed by atoms with Gasteiger partial charge in [-0.05, 0) is 17.7 Å². The molecule has 0 aliphatic heterocycles. The Kier molecular flexibility index (Phi) is 3.57. The van der Waals surface area contributed by atoms with Crippen LogP contribution in [0.2, 0.25) is 5.22 Å². The standard InChI is InChI=1S/C11H10ClN3O4/c1-15-5-6(4-13-15)8(11(17)18)14-10(16)7-2-3-19-9(7)12/h2-5,8H,1H3,(H,14,16)(H,17,18). The van der Waals surface area contributed by atoms with Crippen molar-refractivity contribution in [3.8, 4) is 0 Å². The highest BCUT2D eigenvalue weighted by atomic mass is 35.5. The number of hydrogen-bond donors (Lipinski definition) is 2. The minimum absolute atomic E-state index is 0.0804. The van der Waals surface area contributed by atoms with Gasteiger partial charge in [0.25, 0.3) is 5.91 Å². The number of aryl methyl sites for hydroxylation is 1. The first-order valence-electron chi connectivity index (χ1n) is 5.24. The van der Waals surface area contributed by atoms with Gasteiger partial charge in [0.15, 0.2) is 6.04 Å². The average Bonchev–Trinajstić information content (AvgIpc) is 2.94. The molecular weight excluding hydrogens is 274 g/mol. The lowest BCUT2D eigenvalue weighted by Crippen LogP contribution is -2.33. The SMILES string of the molecule is Cn1cc(C(NC(=O)c2ccoc2Cl)C(=O)O)cn1. The van der Waals surface area contributed by atoms with E-state index in [4.69, 9.17) is 21.1 Å². The first kappa shape index (κ1) is 13.2. The molecular formula is C11H10ClN3O4. The Morgan fingerprint density at radius 3 is 2.79 bits per heavy atom. The lowest BCUT2D eigenvalue weighted by molar-refractivity contribution is -0.139. The third-order valence-electron chi connectivity index (χ3n) is 2.44. The monoisotopic (exact) mass is 283 g/mol. The summed E-state index contributed by atoms with van der Waals surface area (Å²) in [5.74, 6) is -1.82. The first-order chi connectivity index (χ1) is 8.99. The van der Waals surface area contributed by atoms with Crippen LogP contribution in [0.15, 0.2) is 29.1 Å². The quantitative estimate of drug-likeness (QED) is 0.879. The number of halogens is 1. The summed E-state index contributed by atoms with van der Waals surface area (Å²) in [7, 11) is 1.65. The fourth-order valence-corrected chi connectivity index (χ4v) is 1.74. The molecule has 0 radical (unpaired) electrons. The maximum absolute atomic E-state index is 11.9. The van der Waals surface area contributed by atoms with Crippen LogP contribution < -0.4 is 5.32 Å². The fraction of sp³-hybridized carbons (Fsp3) is 0.182. The molecule has 1 atom stereocenters. The third-order valence-corrected chi connectivity index (χ3v) is 2.74. The van der Waals surface area contributed by atoms with E-state index < -0.39 is 17.9 Å². The zero-order valence-electron chi connectivity index (χ0n) is 9.83. The van der Waals surface area contributed by atoms with E-state index in [1.807, 2.05) is 0 Å². The summed E-state index contributed by atoms with van der Waals surface area (Å²) in [6.07, 6.45) is 4.13. The second-order valence-corrected chi connectivity index (χ2v) is 4.14. The molecule has 19 heavy (non-hydrogen) atoms. The molecule has 2 aromatic heterocycles. The summed E-state index contributed by atoms with van der Waals surface area (Å²) >= 11 is 5.66. The molecule has 0 saturated heterocycles. The van der Waals surface area contributed by atoms with Crippen molar-refractivity contribution < 1.29 is 19.1 Å². The van der Waals surface area contributed by atoms with Crippen LogP contribution in [0.25, 0.3) is 0 Å². The van der Waals surface area contributed by atoms with Gasteiger partial charge in [-0.25, -0.2) is 4.79 Å². The summed E-state index contributed by atoms with van der Waals surface area (Å²) in [5, 5.41) is 15.3. The molecule has 0 bridgehead atoms. The van der Waals surface area contributed by atoms with Crippen molar-refractivity contribution in [1.82, 2.24) is 15.1 Å². The number of aliphatic carboxylic acids is 1.